The molecule has 1 rings (SSSR count). The van der Waals surface area contributed by atoms with E-state index in [0.29, 0.717) is 12.0 Å². The van der Waals surface area contributed by atoms with E-state index in [2.05, 4.69) is 19.2 Å². The molecule has 0 aromatic carbocycles. The summed E-state index contributed by atoms with van der Waals surface area (Å²) in [5.41, 5.74) is 0. The Labute approximate surface area is 106 Å². The molecule has 0 radical (unpaired) electrons. The number of hydrogen-bond acceptors (Lipinski definition) is 3. The molecule has 0 bridgehead atoms. The van der Waals surface area contributed by atoms with Crippen molar-refractivity contribution in [2.75, 3.05) is 19.8 Å². The molecule has 3 nitrogen and oxygen atoms in total. The SMILES string of the molecule is CCCC(CCC)C[C@H](O)C[C@H]1COCCN1. The van der Waals surface area contributed by atoms with E-state index < -0.39 is 0 Å². The molecule has 1 heterocycles. The van der Waals surface area contributed by atoms with E-state index in [0.717, 1.165) is 32.6 Å². The summed E-state index contributed by atoms with van der Waals surface area (Å²) in [6, 6.07) is 0.350. The Morgan fingerprint density at radius 1 is 1.29 bits per heavy atom. The third-order valence-corrected chi connectivity index (χ3v) is 3.55. The summed E-state index contributed by atoms with van der Waals surface area (Å²) in [5.74, 6) is 0.699. The summed E-state index contributed by atoms with van der Waals surface area (Å²) >= 11 is 0. The number of ether oxygens (including phenoxy) is 1. The van der Waals surface area contributed by atoms with Crippen molar-refractivity contribution in [1.29, 1.82) is 0 Å². The fourth-order valence-corrected chi connectivity index (χ4v) is 2.78. The number of aliphatic hydroxyl groups excluding tert-OH is 1. The van der Waals surface area contributed by atoms with Crippen LogP contribution in [0.3, 0.4) is 0 Å². The van der Waals surface area contributed by atoms with Gasteiger partial charge in [-0.1, -0.05) is 39.5 Å². The lowest BCUT2D eigenvalue weighted by Crippen LogP contribution is -2.43. The van der Waals surface area contributed by atoms with Crippen LogP contribution in [0.4, 0.5) is 0 Å². The number of hydrogen-bond donors (Lipinski definition) is 2. The van der Waals surface area contributed by atoms with Gasteiger partial charge in [0.15, 0.2) is 0 Å². The van der Waals surface area contributed by atoms with E-state index in [4.69, 9.17) is 4.74 Å². The third kappa shape index (κ3) is 6.39. The van der Waals surface area contributed by atoms with E-state index in [1.54, 1.807) is 0 Å². The van der Waals surface area contributed by atoms with Crippen LogP contribution in [0.1, 0.15) is 52.4 Å². The van der Waals surface area contributed by atoms with E-state index in [1.165, 1.54) is 25.7 Å². The third-order valence-electron chi connectivity index (χ3n) is 3.55. The molecule has 0 aromatic rings. The molecule has 1 fully saturated rings. The molecule has 2 atom stereocenters. The lowest BCUT2D eigenvalue weighted by molar-refractivity contribution is 0.0451. The van der Waals surface area contributed by atoms with E-state index in [9.17, 15) is 5.11 Å². The van der Waals surface area contributed by atoms with Crippen molar-refractivity contribution in [3.63, 3.8) is 0 Å². The summed E-state index contributed by atoms with van der Waals surface area (Å²) in [7, 11) is 0. The molecule has 0 aromatic heterocycles. The molecular weight excluding hydrogens is 214 g/mol. The summed E-state index contributed by atoms with van der Waals surface area (Å²) in [4.78, 5) is 0. The molecule has 0 aliphatic carbocycles. The summed E-state index contributed by atoms with van der Waals surface area (Å²) < 4.78 is 5.41. The van der Waals surface area contributed by atoms with E-state index >= 15 is 0 Å². The van der Waals surface area contributed by atoms with Crippen LogP contribution in [-0.4, -0.2) is 37.0 Å². The predicted octanol–water partition coefficient (Wildman–Crippen LogP) is 2.33. The number of morpholine rings is 1. The van der Waals surface area contributed by atoms with Crippen LogP contribution in [0.15, 0.2) is 0 Å². The zero-order valence-electron chi connectivity index (χ0n) is 11.5. The van der Waals surface area contributed by atoms with Gasteiger partial charge in [-0.25, -0.2) is 0 Å². The van der Waals surface area contributed by atoms with Crippen LogP contribution in [0.5, 0.6) is 0 Å². The maximum atomic E-state index is 10.1. The van der Waals surface area contributed by atoms with Crippen molar-refractivity contribution < 1.29 is 9.84 Å². The Bertz CT molecular complexity index is 175. The number of aliphatic hydroxyl groups is 1. The first-order valence-corrected chi connectivity index (χ1v) is 7.25. The standard InChI is InChI=1S/C14H29NO2/c1-3-5-12(6-4-2)9-14(16)10-13-11-17-8-7-15-13/h12-16H,3-11H2,1-2H3/t13-,14-/m0/s1. The molecule has 1 aliphatic rings. The van der Waals surface area contributed by atoms with Crippen LogP contribution >= 0.6 is 0 Å². The minimum Gasteiger partial charge on any atom is -0.393 e. The Hall–Kier alpha value is -0.120. The first kappa shape index (κ1) is 14.9. The topological polar surface area (TPSA) is 41.5 Å². The maximum absolute atomic E-state index is 10.1. The van der Waals surface area contributed by atoms with Gasteiger partial charge < -0.3 is 15.2 Å². The Morgan fingerprint density at radius 2 is 2.00 bits per heavy atom. The smallest absolute Gasteiger partial charge is 0.0621 e. The first-order valence-electron chi connectivity index (χ1n) is 7.25. The van der Waals surface area contributed by atoms with Crippen molar-refractivity contribution in [3.8, 4) is 0 Å². The first-order chi connectivity index (χ1) is 8.26. The van der Waals surface area contributed by atoms with Gasteiger partial charge in [0.05, 0.1) is 19.3 Å². The highest BCUT2D eigenvalue weighted by molar-refractivity contribution is 4.75. The van der Waals surface area contributed by atoms with Gasteiger partial charge in [-0.05, 0) is 18.8 Å². The Kier molecular flexibility index (Phi) is 7.82. The maximum Gasteiger partial charge on any atom is 0.0621 e. The van der Waals surface area contributed by atoms with Crippen molar-refractivity contribution in [3.05, 3.63) is 0 Å². The monoisotopic (exact) mass is 243 g/mol. The van der Waals surface area contributed by atoms with Crippen molar-refractivity contribution in [2.45, 2.75) is 64.5 Å². The largest absolute Gasteiger partial charge is 0.393 e. The fraction of sp³-hybridized carbons (Fsp3) is 1.00. The normalized spacial score (nSPS) is 22.9. The molecule has 102 valence electrons. The predicted molar refractivity (Wildman–Crippen MR) is 71.2 cm³/mol. The quantitative estimate of drug-likeness (QED) is 0.687. The average Bonchev–Trinajstić information content (AvgIpc) is 2.30. The highest BCUT2D eigenvalue weighted by Gasteiger charge is 2.19. The second-order valence-corrected chi connectivity index (χ2v) is 5.29. The van der Waals surface area contributed by atoms with E-state index in [-0.39, 0.29) is 6.10 Å². The van der Waals surface area contributed by atoms with Gasteiger partial charge in [-0.3, -0.25) is 0 Å². The summed E-state index contributed by atoms with van der Waals surface area (Å²) in [6.45, 7) is 6.94. The van der Waals surface area contributed by atoms with Crippen LogP contribution in [0.2, 0.25) is 0 Å². The fourth-order valence-electron chi connectivity index (χ4n) is 2.78. The molecule has 0 unspecified atom stereocenters. The van der Waals surface area contributed by atoms with E-state index in [1.807, 2.05) is 0 Å². The minimum atomic E-state index is -0.169. The van der Waals surface area contributed by atoms with Crippen molar-refractivity contribution in [1.82, 2.24) is 5.32 Å². The Morgan fingerprint density at radius 3 is 2.53 bits per heavy atom. The lowest BCUT2D eigenvalue weighted by Gasteiger charge is -2.27. The molecule has 17 heavy (non-hydrogen) atoms. The highest BCUT2D eigenvalue weighted by atomic mass is 16.5. The van der Waals surface area contributed by atoms with Gasteiger partial charge in [-0.2, -0.15) is 0 Å². The Balaban J connectivity index is 2.22. The zero-order chi connectivity index (χ0) is 12.5. The van der Waals surface area contributed by atoms with Gasteiger partial charge in [0.25, 0.3) is 0 Å². The minimum absolute atomic E-state index is 0.169. The second kappa shape index (κ2) is 8.90. The molecule has 0 spiro atoms. The summed E-state index contributed by atoms with van der Waals surface area (Å²) in [6.07, 6.45) is 6.57. The zero-order valence-corrected chi connectivity index (χ0v) is 11.5. The van der Waals surface area contributed by atoms with Crippen molar-refractivity contribution >= 4 is 0 Å². The van der Waals surface area contributed by atoms with Gasteiger partial charge in [-0.15, -0.1) is 0 Å². The molecule has 1 saturated heterocycles. The molecule has 3 heteroatoms. The highest BCUT2D eigenvalue weighted by Crippen LogP contribution is 2.21. The van der Waals surface area contributed by atoms with Crippen LogP contribution in [0, 0.1) is 5.92 Å². The second-order valence-electron chi connectivity index (χ2n) is 5.29. The lowest BCUT2D eigenvalue weighted by atomic mass is 9.90. The molecule has 2 N–H and O–H groups in total. The van der Waals surface area contributed by atoms with Crippen molar-refractivity contribution in [2.24, 2.45) is 5.92 Å². The van der Waals surface area contributed by atoms with Gasteiger partial charge in [0.1, 0.15) is 0 Å². The summed E-state index contributed by atoms with van der Waals surface area (Å²) in [5, 5.41) is 13.5. The molecule has 0 saturated carbocycles. The average molecular weight is 243 g/mol. The van der Waals surface area contributed by atoms with Gasteiger partial charge in [0, 0.05) is 12.6 Å². The van der Waals surface area contributed by atoms with Gasteiger partial charge >= 0.3 is 0 Å². The van der Waals surface area contributed by atoms with Gasteiger partial charge in [0.2, 0.25) is 0 Å². The van der Waals surface area contributed by atoms with Crippen LogP contribution in [-0.2, 0) is 4.74 Å². The number of nitrogens with one attached hydrogen (secondary N) is 1. The van der Waals surface area contributed by atoms with Crippen LogP contribution in [0.25, 0.3) is 0 Å². The molecule has 0 amide bonds. The van der Waals surface area contributed by atoms with Crippen LogP contribution < -0.4 is 5.32 Å². The molecule has 1 aliphatic heterocycles. The number of rotatable bonds is 8. The molecular formula is C14H29NO2.